The van der Waals surface area contributed by atoms with Crippen molar-refractivity contribution in [3.05, 3.63) is 88.5 Å². The molecule has 0 bridgehead atoms. The number of ether oxygens (including phenoxy) is 2. The van der Waals surface area contributed by atoms with Gasteiger partial charge in [-0.2, -0.15) is 0 Å². The highest BCUT2D eigenvalue weighted by Crippen LogP contribution is 2.38. The van der Waals surface area contributed by atoms with Crippen LogP contribution in [0.2, 0.25) is 0 Å². The van der Waals surface area contributed by atoms with Gasteiger partial charge in [0.2, 0.25) is 0 Å². The van der Waals surface area contributed by atoms with Crippen molar-refractivity contribution in [2.24, 2.45) is 0 Å². The lowest BCUT2D eigenvalue weighted by atomic mass is 10.0. The summed E-state index contributed by atoms with van der Waals surface area (Å²) in [6, 6.07) is 18.7. The van der Waals surface area contributed by atoms with Crippen molar-refractivity contribution >= 4 is 40.9 Å². The summed E-state index contributed by atoms with van der Waals surface area (Å²) >= 11 is 2.98. The molecule has 4 rings (SSSR count). The third-order valence-corrected chi connectivity index (χ3v) is 8.18. The molecule has 2 N–H and O–H groups in total. The number of hydrogen-bond donors (Lipinski definition) is 2. The molecule has 0 saturated carbocycles. The van der Waals surface area contributed by atoms with Crippen LogP contribution in [0.5, 0.6) is 11.5 Å². The molecule has 10 heteroatoms. The summed E-state index contributed by atoms with van der Waals surface area (Å²) in [5, 5.41) is 6.55. The summed E-state index contributed by atoms with van der Waals surface area (Å²) in [5.41, 5.74) is 3.64. The molecule has 44 heavy (non-hydrogen) atoms. The molecule has 2 heterocycles. The van der Waals surface area contributed by atoms with Crippen LogP contribution in [-0.2, 0) is 13.2 Å². The van der Waals surface area contributed by atoms with Crippen molar-refractivity contribution in [3.8, 4) is 22.6 Å². The zero-order valence-corrected chi connectivity index (χ0v) is 27.7. The summed E-state index contributed by atoms with van der Waals surface area (Å²) < 4.78 is 13.9. The Kier molecular flexibility index (Phi) is 11.8. The molecule has 0 unspecified atom stereocenters. The number of nitrogens with zero attached hydrogens (tertiary/aromatic N) is 2. The maximum atomic E-state index is 13.8. The van der Waals surface area contributed by atoms with Gasteiger partial charge in [0.15, 0.2) is 0 Å². The van der Waals surface area contributed by atoms with Gasteiger partial charge in [-0.05, 0) is 69.5 Å². The van der Waals surface area contributed by atoms with E-state index in [1.165, 1.54) is 23.5 Å². The Hall–Kier alpha value is -3.89. The molecule has 0 radical (unpaired) electrons. The first kappa shape index (κ1) is 33.0. The Balaban J connectivity index is 1.73. The molecule has 0 atom stereocenters. The van der Waals surface area contributed by atoms with E-state index in [1.807, 2.05) is 93.9 Å². The lowest BCUT2D eigenvalue weighted by Crippen LogP contribution is -2.29. The van der Waals surface area contributed by atoms with Crippen molar-refractivity contribution in [1.82, 2.24) is 9.55 Å². The average molecular weight is 633 g/mol. The molecule has 4 aromatic rings. The fourth-order valence-electron chi connectivity index (χ4n) is 4.63. The van der Waals surface area contributed by atoms with Crippen molar-refractivity contribution in [1.29, 1.82) is 0 Å². The van der Waals surface area contributed by atoms with Crippen LogP contribution in [0.1, 0.15) is 44.9 Å². The van der Waals surface area contributed by atoms with Gasteiger partial charge in [0, 0.05) is 40.5 Å². The van der Waals surface area contributed by atoms with Crippen molar-refractivity contribution in [3.63, 3.8) is 0 Å². The maximum absolute atomic E-state index is 13.8. The molecule has 2 aromatic heterocycles. The molecular weight excluding hydrogens is 593 g/mol. The average Bonchev–Trinajstić information content (AvgIpc) is 3.01. The predicted molar refractivity (Wildman–Crippen MR) is 183 cm³/mol. The third kappa shape index (κ3) is 8.39. The quantitative estimate of drug-likeness (QED) is 0.143. The number of anilines is 2. The minimum absolute atomic E-state index is 0.133. The number of hydrogen-bond acceptors (Lipinski definition) is 7. The Morgan fingerprint density at radius 3 is 2.41 bits per heavy atom. The van der Waals surface area contributed by atoms with E-state index in [-0.39, 0.29) is 17.4 Å². The number of pyridine rings is 2. The van der Waals surface area contributed by atoms with Gasteiger partial charge in [0.05, 0.1) is 11.8 Å². The molecule has 0 aliphatic heterocycles. The largest absolute Gasteiger partial charge is 0.490 e. The Morgan fingerprint density at radius 2 is 1.73 bits per heavy atom. The molecule has 0 fully saturated rings. The minimum Gasteiger partial charge on any atom is -0.490 e. The summed E-state index contributed by atoms with van der Waals surface area (Å²) in [5.74, 6) is 1.19. The fourth-order valence-corrected chi connectivity index (χ4v) is 5.93. The number of urea groups is 1. The number of unbranched alkanes of at least 4 members (excludes halogenated alkanes) is 1. The molecule has 8 nitrogen and oxygen atoms in total. The Labute approximate surface area is 268 Å². The van der Waals surface area contributed by atoms with E-state index in [0.29, 0.717) is 46.5 Å². The summed E-state index contributed by atoms with van der Waals surface area (Å²) in [6.45, 7) is 8.84. The number of benzene rings is 2. The molecule has 2 amide bonds. The number of amides is 2. The standard InChI is InChI=1S/C34H40N4O4S2/c1-7-8-17-38-18-16-27(26-15-14-25(20-28(26)42-22(2)3)41-21-24-12-10-9-11-13-24)30(33(38)39)36-34(40)37-31-29(43-5)19-23(4)35-32(31)44-6/h9-16,18-20,22H,7-8,17,21H2,1-6H3,(H2,36,37,40). The highest BCUT2D eigenvalue weighted by atomic mass is 32.2. The number of thioether (sulfide) groups is 2. The van der Waals surface area contributed by atoms with Crippen LogP contribution in [0.25, 0.3) is 11.1 Å². The normalized spacial score (nSPS) is 11.0. The van der Waals surface area contributed by atoms with Crippen LogP contribution >= 0.6 is 23.5 Å². The van der Waals surface area contributed by atoms with Crippen LogP contribution < -0.4 is 25.7 Å². The minimum atomic E-state index is -0.526. The summed E-state index contributed by atoms with van der Waals surface area (Å²) in [6.07, 6.45) is 7.28. The highest BCUT2D eigenvalue weighted by Gasteiger charge is 2.21. The van der Waals surface area contributed by atoms with Gasteiger partial charge in [-0.1, -0.05) is 43.7 Å². The second-order valence-electron chi connectivity index (χ2n) is 10.5. The van der Waals surface area contributed by atoms with Gasteiger partial charge in [-0.15, -0.1) is 23.5 Å². The third-order valence-electron chi connectivity index (χ3n) is 6.74. The fraction of sp³-hybridized carbons (Fsp3) is 0.324. The first-order chi connectivity index (χ1) is 21.2. The van der Waals surface area contributed by atoms with Crippen LogP contribution in [0.15, 0.2) is 81.6 Å². The van der Waals surface area contributed by atoms with Gasteiger partial charge in [0.1, 0.15) is 28.8 Å². The van der Waals surface area contributed by atoms with E-state index >= 15 is 0 Å². The van der Waals surface area contributed by atoms with E-state index < -0.39 is 6.03 Å². The first-order valence-corrected chi connectivity index (χ1v) is 17.1. The number of rotatable bonds is 13. The maximum Gasteiger partial charge on any atom is 0.323 e. The molecule has 0 aliphatic rings. The summed E-state index contributed by atoms with van der Waals surface area (Å²) in [7, 11) is 0. The van der Waals surface area contributed by atoms with E-state index in [0.717, 1.165) is 29.0 Å². The monoisotopic (exact) mass is 632 g/mol. The lowest BCUT2D eigenvalue weighted by molar-refractivity contribution is 0.240. The number of carbonyl (C=O) groups excluding carboxylic acids is 1. The Morgan fingerprint density at radius 1 is 0.977 bits per heavy atom. The molecule has 232 valence electrons. The van der Waals surface area contributed by atoms with Gasteiger partial charge in [-0.3, -0.25) is 4.79 Å². The lowest BCUT2D eigenvalue weighted by Gasteiger charge is -2.20. The van der Waals surface area contributed by atoms with Crippen molar-refractivity contribution in [2.75, 3.05) is 23.1 Å². The molecule has 0 saturated heterocycles. The SMILES string of the molecule is CCCCn1ccc(-c2ccc(OCc3ccccc3)cc2OC(C)C)c(NC(=O)Nc2c(SC)cc(C)nc2SC)c1=O. The summed E-state index contributed by atoms with van der Waals surface area (Å²) in [4.78, 5) is 32.9. The van der Waals surface area contributed by atoms with Crippen molar-refractivity contribution < 1.29 is 14.3 Å². The van der Waals surface area contributed by atoms with Gasteiger partial charge in [-0.25, -0.2) is 9.78 Å². The van der Waals surface area contributed by atoms with Crippen molar-refractivity contribution in [2.45, 2.75) is 69.7 Å². The van der Waals surface area contributed by atoms with Crippen LogP contribution in [0.3, 0.4) is 0 Å². The molecule has 0 aliphatic carbocycles. The van der Waals surface area contributed by atoms with Crippen LogP contribution in [0.4, 0.5) is 16.2 Å². The predicted octanol–water partition coefficient (Wildman–Crippen LogP) is 8.47. The zero-order valence-electron chi connectivity index (χ0n) is 26.1. The van der Waals surface area contributed by atoms with E-state index in [9.17, 15) is 9.59 Å². The van der Waals surface area contributed by atoms with Gasteiger partial charge >= 0.3 is 6.03 Å². The van der Waals surface area contributed by atoms with E-state index in [4.69, 9.17) is 9.47 Å². The second-order valence-corrected chi connectivity index (χ2v) is 12.1. The van der Waals surface area contributed by atoms with E-state index in [1.54, 1.807) is 10.8 Å². The molecule has 2 aromatic carbocycles. The van der Waals surface area contributed by atoms with Crippen LogP contribution in [0, 0.1) is 6.92 Å². The zero-order chi connectivity index (χ0) is 31.6. The van der Waals surface area contributed by atoms with Gasteiger partial charge in [0.25, 0.3) is 5.56 Å². The first-order valence-electron chi connectivity index (χ1n) is 14.6. The van der Waals surface area contributed by atoms with Gasteiger partial charge < -0.3 is 24.7 Å². The highest BCUT2D eigenvalue weighted by molar-refractivity contribution is 7.99. The number of aryl methyl sites for hydroxylation is 2. The molecular formula is C34H40N4O4S2. The smallest absolute Gasteiger partial charge is 0.323 e. The number of aromatic nitrogens is 2. The molecule has 0 spiro atoms. The Bertz CT molecular complexity index is 1620. The number of carbonyl (C=O) groups is 1. The number of nitrogens with one attached hydrogen (secondary N) is 2. The topological polar surface area (TPSA) is 94.5 Å². The van der Waals surface area contributed by atoms with E-state index in [2.05, 4.69) is 22.5 Å². The second kappa shape index (κ2) is 15.7. The van der Waals surface area contributed by atoms with Crippen LogP contribution in [-0.4, -0.2) is 34.2 Å².